The van der Waals surface area contributed by atoms with Crippen molar-refractivity contribution in [1.29, 1.82) is 0 Å². The van der Waals surface area contributed by atoms with E-state index in [4.69, 9.17) is 16.3 Å². The molecule has 1 aliphatic carbocycles. The molecule has 2 heterocycles. The molecule has 5 nitrogen and oxygen atoms in total. The van der Waals surface area contributed by atoms with Gasteiger partial charge in [0.25, 0.3) is 5.56 Å². The zero-order valence-electron chi connectivity index (χ0n) is 15.8. The van der Waals surface area contributed by atoms with Crippen LogP contribution >= 0.6 is 22.9 Å². The van der Waals surface area contributed by atoms with Gasteiger partial charge in [0.2, 0.25) is 0 Å². The molecular formula is C21H21ClN2O3S. The van der Waals surface area contributed by atoms with Gasteiger partial charge in [-0.1, -0.05) is 36.7 Å². The molecule has 146 valence electrons. The molecule has 2 atom stereocenters. The SMILES string of the molecule is C[C@@H]1CCc2c(sc3ncn([C@@H](C)C(=O)OCc4ccccc4Cl)c(=O)c23)C1. The van der Waals surface area contributed by atoms with Gasteiger partial charge in [0.1, 0.15) is 17.5 Å². The fourth-order valence-electron chi connectivity index (χ4n) is 3.62. The first-order valence-corrected chi connectivity index (χ1v) is 10.6. The van der Waals surface area contributed by atoms with Gasteiger partial charge in [-0.2, -0.15) is 0 Å². The van der Waals surface area contributed by atoms with E-state index in [9.17, 15) is 9.59 Å². The molecular weight excluding hydrogens is 396 g/mol. The summed E-state index contributed by atoms with van der Waals surface area (Å²) in [6, 6.07) is 6.45. The molecule has 0 N–H and O–H groups in total. The highest BCUT2D eigenvalue weighted by molar-refractivity contribution is 7.18. The third-order valence-corrected chi connectivity index (χ3v) is 6.86. The lowest BCUT2D eigenvalue weighted by Gasteiger charge is -2.18. The molecule has 0 bridgehead atoms. The Hall–Kier alpha value is -2.18. The number of carbonyl (C=O) groups excluding carboxylic acids is 1. The first-order valence-electron chi connectivity index (χ1n) is 9.37. The Kier molecular flexibility index (Phi) is 5.25. The van der Waals surface area contributed by atoms with Crippen molar-refractivity contribution in [2.75, 3.05) is 0 Å². The van der Waals surface area contributed by atoms with Crippen molar-refractivity contribution >= 4 is 39.1 Å². The fraction of sp³-hybridized carbons (Fsp3) is 0.381. The van der Waals surface area contributed by atoms with Crippen molar-refractivity contribution < 1.29 is 9.53 Å². The van der Waals surface area contributed by atoms with E-state index in [-0.39, 0.29) is 12.2 Å². The standard InChI is InChI=1S/C21H21ClN2O3S/c1-12-7-8-15-17(9-12)28-19-18(15)20(25)24(11-23-19)13(2)21(26)27-10-14-5-3-4-6-16(14)22/h3-6,11-13H,7-10H2,1-2H3/t12-,13+/m1/s1. The minimum absolute atomic E-state index is 0.0685. The summed E-state index contributed by atoms with van der Waals surface area (Å²) >= 11 is 7.70. The molecule has 0 saturated carbocycles. The van der Waals surface area contributed by atoms with E-state index in [2.05, 4.69) is 11.9 Å². The molecule has 3 aromatic rings. The van der Waals surface area contributed by atoms with Crippen molar-refractivity contribution in [3.05, 3.63) is 62.0 Å². The van der Waals surface area contributed by atoms with E-state index < -0.39 is 12.0 Å². The highest BCUT2D eigenvalue weighted by atomic mass is 35.5. The molecule has 7 heteroatoms. The normalized spacial score (nSPS) is 17.3. The predicted molar refractivity (Wildman–Crippen MR) is 111 cm³/mol. The number of aromatic nitrogens is 2. The Morgan fingerprint density at radius 1 is 1.43 bits per heavy atom. The number of aryl methyl sites for hydroxylation is 1. The molecule has 0 unspecified atom stereocenters. The Morgan fingerprint density at radius 3 is 3.00 bits per heavy atom. The van der Waals surface area contributed by atoms with Gasteiger partial charge in [0, 0.05) is 15.5 Å². The second-order valence-corrected chi connectivity index (χ2v) is 8.85. The van der Waals surface area contributed by atoms with Gasteiger partial charge < -0.3 is 4.74 Å². The van der Waals surface area contributed by atoms with E-state index in [0.717, 1.165) is 35.2 Å². The number of halogens is 1. The molecule has 4 rings (SSSR count). The molecule has 28 heavy (non-hydrogen) atoms. The van der Waals surface area contributed by atoms with Crippen LogP contribution in [0.3, 0.4) is 0 Å². The predicted octanol–water partition coefficient (Wildman–Crippen LogP) is 4.54. The van der Waals surface area contributed by atoms with E-state index in [1.54, 1.807) is 30.4 Å². The molecule has 1 aromatic carbocycles. The monoisotopic (exact) mass is 416 g/mol. The van der Waals surface area contributed by atoms with Crippen LogP contribution in [0.1, 0.15) is 42.3 Å². The Morgan fingerprint density at radius 2 is 2.21 bits per heavy atom. The summed E-state index contributed by atoms with van der Waals surface area (Å²) in [5.74, 6) is 0.141. The van der Waals surface area contributed by atoms with Gasteiger partial charge in [-0.25, -0.2) is 9.78 Å². The van der Waals surface area contributed by atoms with E-state index >= 15 is 0 Å². The number of fused-ring (bicyclic) bond motifs is 3. The minimum atomic E-state index is -0.759. The summed E-state index contributed by atoms with van der Waals surface area (Å²) in [5.41, 5.74) is 1.67. The van der Waals surface area contributed by atoms with E-state index in [1.165, 1.54) is 15.8 Å². The van der Waals surface area contributed by atoms with Crippen molar-refractivity contribution in [2.24, 2.45) is 5.92 Å². The summed E-state index contributed by atoms with van der Waals surface area (Å²) in [5, 5.41) is 1.21. The van der Waals surface area contributed by atoms with Gasteiger partial charge in [0.15, 0.2) is 0 Å². The van der Waals surface area contributed by atoms with Gasteiger partial charge in [-0.3, -0.25) is 9.36 Å². The first-order chi connectivity index (χ1) is 13.5. The van der Waals surface area contributed by atoms with Crippen molar-refractivity contribution in [1.82, 2.24) is 9.55 Å². The van der Waals surface area contributed by atoms with Crippen molar-refractivity contribution in [2.45, 2.75) is 45.8 Å². The number of esters is 1. The molecule has 0 fully saturated rings. The zero-order valence-corrected chi connectivity index (χ0v) is 17.3. The summed E-state index contributed by atoms with van der Waals surface area (Å²) < 4.78 is 6.77. The number of carbonyl (C=O) groups is 1. The quantitative estimate of drug-likeness (QED) is 0.586. The van der Waals surface area contributed by atoms with Gasteiger partial charge in [-0.15, -0.1) is 11.3 Å². The maximum Gasteiger partial charge on any atom is 0.329 e. The molecule has 0 amide bonds. The van der Waals surface area contributed by atoms with Crippen molar-refractivity contribution in [3.8, 4) is 0 Å². The zero-order chi connectivity index (χ0) is 19.8. The van der Waals surface area contributed by atoms with Crippen LogP contribution in [-0.2, 0) is 29.0 Å². The number of hydrogen-bond acceptors (Lipinski definition) is 5. The number of hydrogen-bond donors (Lipinski definition) is 0. The fourth-order valence-corrected chi connectivity index (χ4v) is 5.15. The minimum Gasteiger partial charge on any atom is -0.459 e. The number of ether oxygens (including phenoxy) is 1. The van der Waals surface area contributed by atoms with Gasteiger partial charge in [0.05, 0.1) is 11.7 Å². The molecule has 0 radical (unpaired) electrons. The van der Waals surface area contributed by atoms with Crippen LogP contribution in [0.2, 0.25) is 5.02 Å². The number of nitrogens with zero attached hydrogens (tertiary/aromatic N) is 2. The average molecular weight is 417 g/mol. The molecule has 2 aromatic heterocycles. The van der Waals surface area contributed by atoms with Gasteiger partial charge >= 0.3 is 5.97 Å². The summed E-state index contributed by atoms with van der Waals surface area (Å²) in [4.78, 5) is 32.1. The third-order valence-electron chi connectivity index (χ3n) is 5.33. The van der Waals surface area contributed by atoms with Crippen LogP contribution in [0.15, 0.2) is 35.4 Å². The van der Waals surface area contributed by atoms with E-state index in [0.29, 0.717) is 16.3 Å². The largest absolute Gasteiger partial charge is 0.459 e. The second kappa shape index (κ2) is 7.68. The Balaban J connectivity index is 1.60. The van der Waals surface area contributed by atoms with Gasteiger partial charge in [-0.05, 0) is 43.7 Å². The number of thiophene rings is 1. The van der Waals surface area contributed by atoms with Crippen LogP contribution < -0.4 is 5.56 Å². The molecule has 1 aliphatic rings. The van der Waals surface area contributed by atoms with Crippen LogP contribution in [-0.4, -0.2) is 15.5 Å². The van der Waals surface area contributed by atoms with Crippen LogP contribution in [0, 0.1) is 5.92 Å². The van der Waals surface area contributed by atoms with Crippen LogP contribution in [0.25, 0.3) is 10.2 Å². The smallest absolute Gasteiger partial charge is 0.329 e. The molecule has 0 spiro atoms. The first kappa shape index (κ1) is 19.2. The Labute approximate surface area is 171 Å². The maximum atomic E-state index is 13.1. The summed E-state index contributed by atoms with van der Waals surface area (Å²) in [7, 11) is 0. The second-order valence-electron chi connectivity index (χ2n) is 7.36. The van der Waals surface area contributed by atoms with Crippen LogP contribution in [0.4, 0.5) is 0 Å². The lowest BCUT2D eigenvalue weighted by atomic mass is 9.89. The number of rotatable bonds is 4. The van der Waals surface area contributed by atoms with Crippen LogP contribution in [0.5, 0.6) is 0 Å². The maximum absolute atomic E-state index is 13.1. The Bertz CT molecular complexity index is 1100. The number of benzene rings is 1. The highest BCUT2D eigenvalue weighted by Gasteiger charge is 2.25. The molecule has 0 aliphatic heterocycles. The summed E-state index contributed by atoms with van der Waals surface area (Å²) in [6.07, 6.45) is 4.41. The summed E-state index contributed by atoms with van der Waals surface area (Å²) in [6.45, 7) is 3.96. The van der Waals surface area contributed by atoms with Crippen molar-refractivity contribution in [3.63, 3.8) is 0 Å². The highest BCUT2D eigenvalue weighted by Crippen LogP contribution is 2.35. The third kappa shape index (κ3) is 3.47. The topological polar surface area (TPSA) is 61.2 Å². The lowest BCUT2D eigenvalue weighted by molar-refractivity contribution is -0.148. The molecule has 0 saturated heterocycles. The lowest BCUT2D eigenvalue weighted by Crippen LogP contribution is -2.29. The average Bonchev–Trinajstić information content (AvgIpc) is 3.05. The van der Waals surface area contributed by atoms with E-state index in [1.807, 2.05) is 12.1 Å².